The van der Waals surface area contributed by atoms with Crippen molar-refractivity contribution in [3.05, 3.63) is 89.5 Å². The van der Waals surface area contributed by atoms with Crippen LogP contribution in [0.25, 0.3) is 0 Å². The maximum atomic E-state index is 13.6. The van der Waals surface area contributed by atoms with Crippen LogP contribution < -0.4 is 11.1 Å². The number of nitrogens with two attached hydrogens (primary N) is 1. The normalized spacial score (nSPS) is 27.4. The molecule has 2 aliphatic heterocycles. The number of nitrogens with one attached hydrogen (secondary N) is 1. The van der Waals surface area contributed by atoms with Crippen LogP contribution in [0.4, 0.5) is 18.9 Å². The van der Waals surface area contributed by atoms with Gasteiger partial charge in [0, 0.05) is 55.3 Å². The summed E-state index contributed by atoms with van der Waals surface area (Å²) in [6, 6.07) is 14.4. The lowest BCUT2D eigenvalue weighted by atomic mass is 9.73. The van der Waals surface area contributed by atoms with Gasteiger partial charge in [0.2, 0.25) is 0 Å². The van der Waals surface area contributed by atoms with Crippen LogP contribution in [0, 0.1) is 11.8 Å². The zero-order valence-corrected chi connectivity index (χ0v) is 20.3. The summed E-state index contributed by atoms with van der Waals surface area (Å²) in [5, 5.41) is 3.59. The first-order valence-corrected chi connectivity index (χ1v) is 12.8. The van der Waals surface area contributed by atoms with E-state index in [0.717, 1.165) is 38.0 Å². The lowest BCUT2D eigenvalue weighted by molar-refractivity contribution is -0.138. The summed E-state index contributed by atoms with van der Waals surface area (Å²) in [7, 11) is 0. The van der Waals surface area contributed by atoms with E-state index in [1.54, 1.807) is 6.07 Å². The second kappa shape index (κ2) is 10.8. The Morgan fingerprint density at radius 3 is 2.61 bits per heavy atom. The van der Waals surface area contributed by atoms with E-state index >= 15 is 0 Å². The van der Waals surface area contributed by atoms with Gasteiger partial charge in [-0.25, -0.2) is 0 Å². The highest BCUT2D eigenvalue weighted by Gasteiger charge is 2.45. The molecule has 3 aliphatic rings. The number of alkyl halides is 3. The Balaban J connectivity index is 1.40. The molecule has 0 amide bonds. The highest BCUT2D eigenvalue weighted by atomic mass is 19.4. The van der Waals surface area contributed by atoms with Crippen LogP contribution in [0.3, 0.4) is 0 Å². The molecule has 5 atom stereocenters. The molecule has 7 heteroatoms. The molecule has 0 bridgehead atoms. The Morgan fingerprint density at radius 2 is 1.89 bits per heavy atom. The van der Waals surface area contributed by atoms with E-state index in [1.165, 1.54) is 17.7 Å². The number of allylic oxidation sites excluding steroid dienone is 3. The molecule has 1 fully saturated rings. The van der Waals surface area contributed by atoms with Crippen molar-refractivity contribution in [2.24, 2.45) is 17.6 Å². The second-order valence-corrected chi connectivity index (χ2v) is 10.1. The number of hydrogen-bond donors (Lipinski definition) is 2. The van der Waals surface area contributed by atoms with Crippen LogP contribution in [-0.4, -0.2) is 36.7 Å². The predicted molar refractivity (Wildman–Crippen MR) is 136 cm³/mol. The second-order valence-electron chi connectivity index (χ2n) is 10.1. The average Bonchev–Trinajstić information content (AvgIpc) is 2.88. The third kappa shape index (κ3) is 5.53. The molecule has 4 nitrogen and oxygen atoms in total. The molecule has 1 unspecified atom stereocenters. The van der Waals surface area contributed by atoms with Crippen molar-refractivity contribution in [1.82, 2.24) is 4.90 Å². The minimum Gasteiger partial charge on any atom is -0.381 e. The number of halogens is 3. The highest BCUT2D eigenvalue weighted by Crippen LogP contribution is 2.49. The summed E-state index contributed by atoms with van der Waals surface area (Å²) in [6.07, 6.45) is 6.34. The standard InChI is InChI=1S/C29H34F3N3O/c30-29(31,32)22-11-14-26-25(17-22)28-24(27(34-26)21-9-5-2-6-10-21)13-12-23(36-28)19-35(16-15-33)18-20-7-3-1-4-8-20/h1-9,11,14,17,21,23-24,27-28,34H,10,12-13,15-16,18-19,33H2/t21?,23-,24+,27+,28+/m1/s1. The van der Waals surface area contributed by atoms with Crippen LogP contribution in [-0.2, 0) is 17.5 Å². The van der Waals surface area contributed by atoms with Crippen molar-refractivity contribution in [3.8, 4) is 0 Å². The Kier molecular flexibility index (Phi) is 7.51. The van der Waals surface area contributed by atoms with Crippen molar-refractivity contribution >= 4 is 5.69 Å². The number of rotatable bonds is 7. The zero-order chi connectivity index (χ0) is 25.1. The molecule has 0 radical (unpaired) electrons. The first-order valence-electron chi connectivity index (χ1n) is 12.8. The average molecular weight is 498 g/mol. The quantitative estimate of drug-likeness (QED) is 0.498. The molecule has 5 rings (SSSR count). The SMILES string of the molecule is NCCN(Cc1ccccc1)C[C@H]1CC[C@@H]2[C@H](O1)c1cc(C(F)(F)F)ccc1N[C@H]2C1C=CC=CC1. The zero-order valence-electron chi connectivity index (χ0n) is 20.3. The third-order valence-corrected chi connectivity index (χ3v) is 7.65. The fourth-order valence-corrected chi connectivity index (χ4v) is 5.94. The molecule has 0 spiro atoms. The van der Waals surface area contributed by atoms with E-state index in [9.17, 15) is 13.2 Å². The third-order valence-electron chi connectivity index (χ3n) is 7.65. The minimum absolute atomic E-state index is 0.0653. The maximum Gasteiger partial charge on any atom is 0.416 e. The summed E-state index contributed by atoms with van der Waals surface area (Å²) < 4.78 is 47.5. The molecular weight excluding hydrogens is 463 g/mol. The molecule has 2 aromatic rings. The summed E-state index contributed by atoms with van der Waals surface area (Å²) >= 11 is 0. The van der Waals surface area contributed by atoms with E-state index in [2.05, 4.69) is 40.6 Å². The highest BCUT2D eigenvalue weighted by molar-refractivity contribution is 5.58. The molecule has 0 aromatic heterocycles. The van der Waals surface area contributed by atoms with E-state index < -0.39 is 11.7 Å². The molecule has 1 saturated heterocycles. The van der Waals surface area contributed by atoms with Gasteiger partial charge in [-0.15, -0.1) is 0 Å². The van der Waals surface area contributed by atoms with Crippen LogP contribution >= 0.6 is 0 Å². The monoisotopic (exact) mass is 497 g/mol. The van der Waals surface area contributed by atoms with Gasteiger partial charge in [-0.1, -0.05) is 54.6 Å². The number of ether oxygens (including phenoxy) is 1. The van der Waals surface area contributed by atoms with Gasteiger partial charge >= 0.3 is 6.18 Å². The van der Waals surface area contributed by atoms with Crippen LogP contribution in [0.2, 0.25) is 0 Å². The Hall–Kier alpha value is -2.61. The predicted octanol–water partition coefficient (Wildman–Crippen LogP) is 5.93. The van der Waals surface area contributed by atoms with Gasteiger partial charge in [0.1, 0.15) is 0 Å². The van der Waals surface area contributed by atoms with E-state index in [1.807, 2.05) is 24.3 Å². The van der Waals surface area contributed by atoms with Gasteiger partial charge in [-0.3, -0.25) is 4.90 Å². The van der Waals surface area contributed by atoms with Gasteiger partial charge in [0.25, 0.3) is 0 Å². The lowest BCUT2D eigenvalue weighted by Gasteiger charge is -2.48. The summed E-state index contributed by atoms with van der Waals surface area (Å²) in [5.74, 6) is 0.389. The van der Waals surface area contributed by atoms with Gasteiger partial charge < -0.3 is 15.8 Å². The van der Waals surface area contributed by atoms with Crippen molar-refractivity contribution in [1.29, 1.82) is 0 Å². The number of benzene rings is 2. The van der Waals surface area contributed by atoms with Crippen molar-refractivity contribution < 1.29 is 17.9 Å². The van der Waals surface area contributed by atoms with Gasteiger partial charge in [-0.2, -0.15) is 13.2 Å². The van der Waals surface area contributed by atoms with Crippen LogP contribution in [0.1, 0.15) is 42.1 Å². The molecule has 1 aliphatic carbocycles. The Morgan fingerprint density at radius 1 is 1.06 bits per heavy atom. The van der Waals surface area contributed by atoms with Gasteiger partial charge in [0.05, 0.1) is 17.8 Å². The molecule has 2 aromatic carbocycles. The summed E-state index contributed by atoms with van der Waals surface area (Å²) in [5.41, 5.74) is 7.86. The van der Waals surface area contributed by atoms with Crippen LogP contribution in [0.5, 0.6) is 0 Å². The number of fused-ring (bicyclic) bond motifs is 3. The van der Waals surface area contributed by atoms with Crippen molar-refractivity contribution in [2.45, 2.75) is 50.2 Å². The van der Waals surface area contributed by atoms with Gasteiger partial charge in [-0.05, 0) is 43.0 Å². The summed E-state index contributed by atoms with van der Waals surface area (Å²) in [4.78, 5) is 2.29. The first-order chi connectivity index (χ1) is 17.4. The molecule has 2 heterocycles. The largest absolute Gasteiger partial charge is 0.416 e. The molecule has 0 saturated carbocycles. The topological polar surface area (TPSA) is 50.5 Å². The van der Waals surface area contributed by atoms with Crippen molar-refractivity contribution in [3.63, 3.8) is 0 Å². The van der Waals surface area contributed by atoms with Gasteiger partial charge in [0.15, 0.2) is 0 Å². The molecule has 3 N–H and O–H groups in total. The Labute approximate surface area is 211 Å². The number of anilines is 1. The van der Waals surface area contributed by atoms with E-state index in [-0.39, 0.29) is 30.1 Å². The minimum atomic E-state index is -4.39. The maximum absolute atomic E-state index is 13.6. The molecule has 36 heavy (non-hydrogen) atoms. The van der Waals surface area contributed by atoms with Crippen molar-refractivity contribution in [2.75, 3.05) is 25.0 Å². The number of nitrogens with zero attached hydrogens (tertiary/aromatic N) is 1. The van der Waals surface area contributed by atoms with E-state index in [0.29, 0.717) is 18.7 Å². The smallest absolute Gasteiger partial charge is 0.381 e. The molecular formula is C29H34F3N3O. The van der Waals surface area contributed by atoms with E-state index in [4.69, 9.17) is 10.5 Å². The fourth-order valence-electron chi connectivity index (χ4n) is 5.94. The molecule has 192 valence electrons. The lowest BCUT2D eigenvalue weighted by Crippen LogP contribution is -2.48. The number of hydrogen-bond acceptors (Lipinski definition) is 4. The van der Waals surface area contributed by atoms with Crippen LogP contribution in [0.15, 0.2) is 72.8 Å². The fraction of sp³-hybridized carbons (Fsp3) is 0.448. The summed E-state index contributed by atoms with van der Waals surface area (Å²) in [6.45, 7) is 2.75. The first kappa shape index (κ1) is 25.1. The Bertz CT molecular complexity index is 1080.